The molecule has 1 aliphatic rings. The molecule has 0 bridgehead atoms. The maximum atomic E-state index is 11.5. The molecule has 1 aliphatic carbocycles. The van der Waals surface area contributed by atoms with Gasteiger partial charge in [0.15, 0.2) is 0 Å². The summed E-state index contributed by atoms with van der Waals surface area (Å²) in [6.45, 7) is 0.599. The number of rotatable bonds is 4. The lowest BCUT2D eigenvalue weighted by atomic mass is 10.1. The van der Waals surface area contributed by atoms with Crippen LogP contribution in [0, 0.1) is 5.92 Å². The van der Waals surface area contributed by atoms with Crippen molar-refractivity contribution in [2.45, 2.75) is 25.4 Å². The minimum Gasteiger partial charge on any atom is -0.465 e. The highest BCUT2D eigenvalue weighted by molar-refractivity contribution is 5.94. The van der Waals surface area contributed by atoms with Crippen molar-refractivity contribution in [3.63, 3.8) is 0 Å². The predicted molar refractivity (Wildman–Crippen MR) is 65.2 cm³/mol. The lowest BCUT2D eigenvalue weighted by Crippen LogP contribution is -2.23. The van der Waals surface area contributed by atoms with Crippen LogP contribution in [-0.4, -0.2) is 40.8 Å². The molecule has 2 atom stereocenters. The topological polar surface area (TPSA) is 84.3 Å². The van der Waals surface area contributed by atoms with Crippen molar-refractivity contribution in [1.29, 1.82) is 0 Å². The summed E-state index contributed by atoms with van der Waals surface area (Å²) in [6, 6.07) is 0. The van der Waals surface area contributed by atoms with E-state index >= 15 is 0 Å². The Morgan fingerprint density at radius 1 is 1.61 bits per heavy atom. The number of nitrogens with one attached hydrogen (secondary N) is 1. The van der Waals surface area contributed by atoms with Gasteiger partial charge in [-0.15, -0.1) is 0 Å². The molecular weight excluding hydrogens is 234 g/mol. The molecule has 0 aliphatic heterocycles. The number of methoxy groups -OCH3 is 1. The van der Waals surface area contributed by atoms with Gasteiger partial charge >= 0.3 is 5.97 Å². The minimum atomic E-state index is -0.468. The fourth-order valence-corrected chi connectivity index (χ4v) is 2.21. The summed E-state index contributed by atoms with van der Waals surface area (Å²) >= 11 is 0. The van der Waals surface area contributed by atoms with Crippen LogP contribution in [0.5, 0.6) is 0 Å². The van der Waals surface area contributed by atoms with Crippen LogP contribution >= 0.6 is 0 Å². The smallest absolute Gasteiger partial charge is 0.343 e. The van der Waals surface area contributed by atoms with E-state index in [-0.39, 0.29) is 12.0 Å². The Bertz CT molecular complexity index is 425. The molecule has 1 aromatic rings. The minimum absolute atomic E-state index is 0.213. The van der Waals surface area contributed by atoms with E-state index in [4.69, 9.17) is 0 Å². The summed E-state index contributed by atoms with van der Waals surface area (Å²) in [5.74, 6) is 0.200. The monoisotopic (exact) mass is 251 g/mol. The van der Waals surface area contributed by atoms with Crippen molar-refractivity contribution in [2.75, 3.05) is 19.0 Å². The number of ether oxygens (including phenoxy) is 1. The number of aliphatic hydroxyl groups excluding tert-OH is 1. The molecular formula is C12H17N3O3. The van der Waals surface area contributed by atoms with E-state index in [9.17, 15) is 9.90 Å². The van der Waals surface area contributed by atoms with E-state index in [1.165, 1.54) is 19.6 Å². The second kappa shape index (κ2) is 5.77. The van der Waals surface area contributed by atoms with Gasteiger partial charge in [0, 0.05) is 18.7 Å². The van der Waals surface area contributed by atoms with Crippen LogP contribution in [0.25, 0.3) is 0 Å². The van der Waals surface area contributed by atoms with E-state index in [1.807, 2.05) is 0 Å². The molecule has 6 nitrogen and oxygen atoms in total. The second-order valence-electron chi connectivity index (χ2n) is 4.42. The number of hydrogen-bond acceptors (Lipinski definition) is 6. The van der Waals surface area contributed by atoms with Crippen molar-refractivity contribution in [1.82, 2.24) is 9.97 Å². The number of carbonyl (C=O) groups is 1. The van der Waals surface area contributed by atoms with Crippen molar-refractivity contribution < 1.29 is 14.6 Å². The molecule has 0 radical (unpaired) electrons. The van der Waals surface area contributed by atoms with Gasteiger partial charge in [-0.05, 0) is 12.8 Å². The Kier molecular flexibility index (Phi) is 4.09. The summed E-state index contributed by atoms with van der Waals surface area (Å²) in [5.41, 5.74) is 0.312. The summed E-state index contributed by atoms with van der Waals surface area (Å²) in [7, 11) is 1.32. The van der Waals surface area contributed by atoms with Gasteiger partial charge in [0.25, 0.3) is 0 Å². The zero-order valence-electron chi connectivity index (χ0n) is 10.3. The predicted octanol–water partition coefficient (Wildman–Crippen LogP) is 0.836. The van der Waals surface area contributed by atoms with Gasteiger partial charge in [0.1, 0.15) is 17.7 Å². The van der Waals surface area contributed by atoms with Crippen LogP contribution in [-0.2, 0) is 4.74 Å². The molecule has 1 heterocycles. The lowest BCUT2D eigenvalue weighted by Gasteiger charge is -2.16. The maximum absolute atomic E-state index is 11.5. The van der Waals surface area contributed by atoms with E-state index in [0.29, 0.717) is 17.9 Å². The average molecular weight is 251 g/mol. The van der Waals surface area contributed by atoms with Crippen molar-refractivity contribution in [3.8, 4) is 0 Å². The first kappa shape index (κ1) is 12.8. The number of nitrogens with zero attached hydrogens (tertiary/aromatic N) is 2. The van der Waals surface area contributed by atoms with Crippen LogP contribution in [0.15, 0.2) is 12.5 Å². The molecule has 2 rings (SSSR count). The molecule has 1 fully saturated rings. The maximum Gasteiger partial charge on any atom is 0.343 e. The quantitative estimate of drug-likeness (QED) is 0.771. The van der Waals surface area contributed by atoms with Gasteiger partial charge in [-0.1, -0.05) is 6.42 Å². The second-order valence-corrected chi connectivity index (χ2v) is 4.42. The van der Waals surface area contributed by atoms with Gasteiger partial charge < -0.3 is 15.2 Å². The van der Waals surface area contributed by atoms with Crippen molar-refractivity contribution >= 4 is 11.8 Å². The molecule has 2 unspecified atom stereocenters. The Labute approximate surface area is 105 Å². The Balaban J connectivity index is 2.02. The Morgan fingerprint density at radius 2 is 2.44 bits per heavy atom. The molecule has 2 N–H and O–H groups in total. The number of aliphatic hydroxyl groups is 1. The lowest BCUT2D eigenvalue weighted by molar-refractivity contribution is 0.0601. The number of esters is 1. The fourth-order valence-electron chi connectivity index (χ4n) is 2.21. The molecule has 0 spiro atoms. The van der Waals surface area contributed by atoms with Crippen molar-refractivity contribution in [2.24, 2.45) is 5.92 Å². The van der Waals surface area contributed by atoms with Crippen molar-refractivity contribution in [3.05, 3.63) is 18.1 Å². The Hall–Kier alpha value is -1.69. The number of anilines is 1. The van der Waals surface area contributed by atoms with Gasteiger partial charge in [0.2, 0.25) is 0 Å². The van der Waals surface area contributed by atoms with Crippen LogP contribution in [0.3, 0.4) is 0 Å². The number of aromatic nitrogens is 2. The molecule has 1 saturated carbocycles. The number of carbonyl (C=O) groups excluding carboxylic acids is 1. The van der Waals surface area contributed by atoms with Crippen LogP contribution < -0.4 is 5.32 Å². The van der Waals surface area contributed by atoms with E-state index in [0.717, 1.165) is 19.3 Å². The zero-order valence-corrected chi connectivity index (χ0v) is 10.3. The standard InChI is InChI=1S/C12H17N3O3/c1-18-12(17)9-6-13-7-15-11(9)14-5-8-3-2-4-10(8)16/h6-8,10,16H,2-5H2,1H3,(H,13,14,15). The molecule has 0 aromatic carbocycles. The first-order chi connectivity index (χ1) is 8.72. The number of hydrogen-bond donors (Lipinski definition) is 2. The molecule has 0 saturated heterocycles. The summed E-state index contributed by atoms with van der Waals surface area (Å²) < 4.78 is 4.66. The highest BCUT2D eigenvalue weighted by Crippen LogP contribution is 2.25. The first-order valence-electron chi connectivity index (χ1n) is 6.02. The zero-order chi connectivity index (χ0) is 13.0. The van der Waals surface area contributed by atoms with E-state index < -0.39 is 5.97 Å². The summed E-state index contributed by atoms with van der Waals surface area (Å²) in [6.07, 6.45) is 5.42. The Morgan fingerprint density at radius 3 is 3.11 bits per heavy atom. The van der Waals surface area contributed by atoms with Crippen LogP contribution in [0.2, 0.25) is 0 Å². The normalized spacial score (nSPS) is 22.8. The fraction of sp³-hybridized carbons (Fsp3) is 0.583. The van der Waals surface area contributed by atoms with Gasteiger partial charge in [-0.25, -0.2) is 14.8 Å². The van der Waals surface area contributed by atoms with Gasteiger partial charge in [-0.3, -0.25) is 0 Å². The van der Waals surface area contributed by atoms with E-state index in [1.54, 1.807) is 0 Å². The third kappa shape index (κ3) is 2.76. The average Bonchev–Trinajstić information content (AvgIpc) is 2.81. The summed E-state index contributed by atoms with van der Waals surface area (Å²) in [5, 5.41) is 12.8. The first-order valence-corrected chi connectivity index (χ1v) is 6.02. The largest absolute Gasteiger partial charge is 0.465 e. The van der Waals surface area contributed by atoms with Crippen LogP contribution in [0.1, 0.15) is 29.6 Å². The SMILES string of the molecule is COC(=O)c1cncnc1NCC1CCCC1O. The molecule has 6 heteroatoms. The van der Waals surface area contributed by atoms with E-state index in [2.05, 4.69) is 20.0 Å². The highest BCUT2D eigenvalue weighted by atomic mass is 16.5. The molecule has 0 amide bonds. The van der Waals surface area contributed by atoms with Gasteiger partial charge in [-0.2, -0.15) is 0 Å². The van der Waals surface area contributed by atoms with Gasteiger partial charge in [0.05, 0.1) is 13.2 Å². The van der Waals surface area contributed by atoms with Crippen LogP contribution in [0.4, 0.5) is 5.82 Å². The molecule has 98 valence electrons. The third-order valence-electron chi connectivity index (χ3n) is 3.27. The molecule has 18 heavy (non-hydrogen) atoms. The summed E-state index contributed by atoms with van der Waals surface area (Å²) in [4.78, 5) is 19.3. The molecule has 1 aromatic heterocycles. The highest BCUT2D eigenvalue weighted by Gasteiger charge is 2.25. The third-order valence-corrected chi connectivity index (χ3v) is 3.27.